The SMILES string of the molecule is Cc1ccc(Sc2ccc(C=C(C#N)c3nc4ccccc4[nH]3)o2)cc1. The Labute approximate surface area is 155 Å². The zero-order valence-corrected chi connectivity index (χ0v) is 14.9. The van der Waals surface area contributed by atoms with Gasteiger partial charge < -0.3 is 9.40 Å². The van der Waals surface area contributed by atoms with Crippen LogP contribution in [0.5, 0.6) is 0 Å². The number of hydrogen-bond acceptors (Lipinski definition) is 4. The lowest BCUT2D eigenvalue weighted by atomic mass is 10.2. The minimum Gasteiger partial charge on any atom is -0.450 e. The average molecular weight is 357 g/mol. The second-order valence-corrected chi connectivity index (χ2v) is 6.92. The predicted octanol–water partition coefficient (Wildman–Crippen LogP) is 5.68. The van der Waals surface area contributed by atoms with Crippen molar-refractivity contribution in [1.29, 1.82) is 5.26 Å². The Bertz CT molecular complexity index is 1100. The van der Waals surface area contributed by atoms with Crippen LogP contribution in [0.25, 0.3) is 22.7 Å². The number of nitrogens with zero attached hydrogens (tertiary/aromatic N) is 2. The summed E-state index contributed by atoms with van der Waals surface area (Å²) in [6, 6.07) is 21.9. The molecule has 0 fully saturated rings. The van der Waals surface area contributed by atoms with Crippen molar-refractivity contribution in [2.45, 2.75) is 16.9 Å². The summed E-state index contributed by atoms with van der Waals surface area (Å²) < 4.78 is 5.84. The summed E-state index contributed by atoms with van der Waals surface area (Å²) in [4.78, 5) is 8.75. The molecule has 1 N–H and O–H groups in total. The molecule has 4 aromatic rings. The van der Waals surface area contributed by atoms with E-state index in [0.717, 1.165) is 21.0 Å². The van der Waals surface area contributed by atoms with Crippen molar-refractivity contribution in [1.82, 2.24) is 9.97 Å². The van der Waals surface area contributed by atoms with Crippen LogP contribution in [-0.4, -0.2) is 9.97 Å². The van der Waals surface area contributed by atoms with E-state index >= 15 is 0 Å². The van der Waals surface area contributed by atoms with Gasteiger partial charge in [0.25, 0.3) is 0 Å². The molecule has 0 saturated heterocycles. The molecule has 0 aliphatic carbocycles. The summed E-state index contributed by atoms with van der Waals surface area (Å²) in [5.74, 6) is 1.16. The van der Waals surface area contributed by atoms with E-state index < -0.39 is 0 Å². The molecular weight excluding hydrogens is 342 g/mol. The molecule has 2 aromatic heterocycles. The van der Waals surface area contributed by atoms with Gasteiger partial charge in [0.05, 0.1) is 16.6 Å². The molecule has 4 nitrogen and oxygen atoms in total. The highest BCUT2D eigenvalue weighted by atomic mass is 32.2. The molecule has 0 unspecified atom stereocenters. The molecule has 0 bridgehead atoms. The van der Waals surface area contributed by atoms with Crippen LogP contribution in [-0.2, 0) is 0 Å². The zero-order valence-electron chi connectivity index (χ0n) is 14.1. The van der Waals surface area contributed by atoms with Gasteiger partial charge in [0.1, 0.15) is 17.7 Å². The van der Waals surface area contributed by atoms with E-state index in [4.69, 9.17) is 4.42 Å². The molecule has 0 saturated carbocycles. The number of allylic oxidation sites excluding steroid dienone is 1. The maximum absolute atomic E-state index is 9.51. The molecule has 0 atom stereocenters. The van der Waals surface area contributed by atoms with Crippen molar-refractivity contribution in [3.05, 3.63) is 77.8 Å². The average Bonchev–Trinajstić information content (AvgIpc) is 3.28. The molecule has 126 valence electrons. The molecule has 0 spiro atoms. The third-order valence-electron chi connectivity index (χ3n) is 3.89. The number of nitriles is 1. The lowest BCUT2D eigenvalue weighted by Crippen LogP contribution is -1.84. The second-order valence-electron chi connectivity index (χ2n) is 5.84. The number of furan rings is 1. The fourth-order valence-electron chi connectivity index (χ4n) is 2.57. The first-order chi connectivity index (χ1) is 12.7. The van der Waals surface area contributed by atoms with Gasteiger partial charge in [0.2, 0.25) is 0 Å². The van der Waals surface area contributed by atoms with Gasteiger partial charge in [-0.3, -0.25) is 0 Å². The predicted molar refractivity (Wildman–Crippen MR) is 104 cm³/mol. The van der Waals surface area contributed by atoms with Crippen molar-refractivity contribution < 1.29 is 4.42 Å². The van der Waals surface area contributed by atoms with Crippen molar-refractivity contribution in [3.8, 4) is 6.07 Å². The van der Waals surface area contributed by atoms with E-state index in [2.05, 4.69) is 47.2 Å². The van der Waals surface area contributed by atoms with Crippen molar-refractivity contribution in [2.75, 3.05) is 0 Å². The third-order valence-corrected chi connectivity index (χ3v) is 4.82. The number of imidazole rings is 1. The number of aromatic amines is 1. The standard InChI is InChI=1S/C21H15N3OS/c1-14-6-9-17(10-7-14)26-20-11-8-16(25-20)12-15(13-22)21-23-18-4-2-3-5-19(18)24-21/h2-12H,1H3,(H,23,24). The van der Waals surface area contributed by atoms with Crippen molar-refractivity contribution in [2.24, 2.45) is 0 Å². The highest BCUT2D eigenvalue weighted by Crippen LogP contribution is 2.30. The Hall–Kier alpha value is -3.23. The molecule has 0 aliphatic heterocycles. The van der Waals surface area contributed by atoms with Gasteiger partial charge in [0, 0.05) is 11.0 Å². The van der Waals surface area contributed by atoms with Crippen LogP contribution in [0.4, 0.5) is 0 Å². The fraction of sp³-hybridized carbons (Fsp3) is 0.0476. The van der Waals surface area contributed by atoms with E-state index in [1.807, 2.05) is 36.4 Å². The van der Waals surface area contributed by atoms with E-state index in [1.165, 1.54) is 5.56 Å². The quantitative estimate of drug-likeness (QED) is 0.477. The van der Waals surface area contributed by atoms with Crippen LogP contribution in [0.1, 0.15) is 17.1 Å². The first-order valence-electron chi connectivity index (χ1n) is 8.12. The summed E-state index contributed by atoms with van der Waals surface area (Å²) in [5, 5.41) is 10.3. The first kappa shape index (κ1) is 16.2. The molecular formula is C21H15N3OS. The van der Waals surface area contributed by atoms with Gasteiger partial charge in [-0.25, -0.2) is 4.98 Å². The molecule has 5 heteroatoms. The highest BCUT2D eigenvalue weighted by Gasteiger charge is 2.09. The van der Waals surface area contributed by atoms with E-state index in [9.17, 15) is 5.26 Å². The summed E-state index contributed by atoms with van der Waals surface area (Å²) in [6.45, 7) is 2.06. The molecule has 0 radical (unpaired) electrons. The lowest BCUT2D eigenvalue weighted by molar-refractivity contribution is 0.466. The van der Waals surface area contributed by atoms with E-state index in [-0.39, 0.29) is 0 Å². The van der Waals surface area contributed by atoms with Gasteiger partial charge in [-0.1, -0.05) is 41.6 Å². The number of fused-ring (bicyclic) bond motifs is 1. The molecule has 4 rings (SSSR count). The van der Waals surface area contributed by atoms with E-state index in [1.54, 1.807) is 17.8 Å². The Balaban J connectivity index is 1.59. The van der Waals surface area contributed by atoms with Crippen LogP contribution >= 0.6 is 11.8 Å². The second kappa shape index (κ2) is 6.95. The number of rotatable bonds is 4. The number of nitrogens with one attached hydrogen (secondary N) is 1. The summed E-state index contributed by atoms with van der Waals surface area (Å²) in [5.41, 5.74) is 3.39. The topological polar surface area (TPSA) is 65.6 Å². The van der Waals surface area contributed by atoms with Crippen LogP contribution < -0.4 is 0 Å². The molecule has 26 heavy (non-hydrogen) atoms. The van der Waals surface area contributed by atoms with Crippen LogP contribution in [0.2, 0.25) is 0 Å². The molecule has 0 amide bonds. The van der Waals surface area contributed by atoms with Crippen molar-refractivity contribution in [3.63, 3.8) is 0 Å². The number of H-pyrrole nitrogens is 1. The molecule has 2 heterocycles. The normalized spacial score (nSPS) is 11.6. The fourth-order valence-corrected chi connectivity index (χ4v) is 3.34. The minimum absolute atomic E-state index is 0.433. The van der Waals surface area contributed by atoms with Gasteiger partial charge in [-0.2, -0.15) is 5.26 Å². The van der Waals surface area contributed by atoms with Crippen molar-refractivity contribution >= 4 is 34.4 Å². The Morgan fingerprint density at radius 3 is 2.69 bits per heavy atom. The Morgan fingerprint density at radius 2 is 1.92 bits per heavy atom. The van der Waals surface area contributed by atoms with Gasteiger partial charge in [-0.15, -0.1) is 0 Å². The smallest absolute Gasteiger partial charge is 0.165 e. The lowest BCUT2D eigenvalue weighted by Gasteiger charge is -1.98. The highest BCUT2D eigenvalue weighted by molar-refractivity contribution is 7.99. The summed E-state index contributed by atoms with van der Waals surface area (Å²) in [6.07, 6.45) is 1.71. The largest absolute Gasteiger partial charge is 0.450 e. The summed E-state index contributed by atoms with van der Waals surface area (Å²) >= 11 is 1.55. The van der Waals surface area contributed by atoms with Crippen LogP contribution in [0, 0.1) is 18.3 Å². The van der Waals surface area contributed by atoms with Crippen LogP contribution in [0.3, 0.4) is 0 Å². The number of para-hydroxylation sites is 2. The van der Waals surface area contributed by atoms with Gasteiger partial charge >= 0.3 is 0 Å². The molecule has 2 aromatic carbocycles. The van der Waals surface area contributed by atoms with Gasteiger partial charge in [0.15, 0.2) is 5.09 Å². The maximum Gasteiger partial charge on any atom is 0.165 e. The van der Waals surface area contributed by atoms with Crippen LogP contribution in [0.15, 0.2) is 75.1 Å². The Kier molecular flexibility index (Phi) is 4.34. The number of aryl methyl sites for hydroxylation is 1. The summed E-state index contributed by atoms with van der Waals surface area (Å²) in [7, 11) is 0. The maximum atomic E-state index is 9.51. The minimum atomic E-state index is 0.433. The third kappa shape index (κ3) is 3.41. The number of hydrogen-bond donors (Lipinski definition) is 1. The monoisotopic (exact) mass is 357 g/mol. The van der Waals surface area contributed by atoms with Gasteiger partial charge in [-0.05, 0) is 43.3 Å². The molecule has 0 aliphatic rings. The first-order valence-corrected chi connectivity index (χ1v) is 8.94. The number of aromatic nitrogens is 2. The Morgan fingerprint density at radius 1 is 1.12 bits per heavy atom. The van der Waals surface area contributed by atoms with E-state index in [0.29, 0.717) is 17.2 Å². The number of benzene rings is 2. The zero-order chi connectivity index (χ0) is 17.9.